The number of hydrogen-bond donors (Lipinski definition) is 1. The van der Waals surface area contributed by atoms with Gasteiger partial charge in [-0.25, -0.2) is 4.99 Å². The van der Waals surface area contributed by atoms with Gasteiger partial charge in [0.2, 0.25) is 5.91 Å². The molecule has 6 heteroatoms. The van der Waals surface area contributed by atoms with E-state index in [1.807, 2.05) is 43.3 Å². The van der Waals surface area contributed by atoms with E-state index < -0.39 is 5.54 Å². The van der Waals surface area contributed by atoms with Crippen LogP contribution in [0, 0.1) is 11.8 Å². The standard InChI is InChI=1S/C20H21ClN4O/c1-20(17(12-6-7-12)18(26)25(2)19(22)24-20)14-8-9-23-16(11-14)13-4-3-5-15(21)10-13/h3-5,8-12,17H,6-7H2,1-2H3,(H2,22,24)/t17-,20+/m0/s1. The topological polar surface area (TPSA) is 71.6 Å². The Morgan fingerprint density at radius 1 is 1.27 bits per heavy atom. The fourth-order valence-corrected chi connectivity index (χ4v) is 4.02. The largest absolute Gasteiger partial charge is 0.369 e. The lowest BCUT2D eigenvalue weighted by Crippen LogP contribution is -2.54. The second-order valence-electron chi connectivity index (χ2n) is 7.27. The third kappa shape index (κ3) is 2.76. The number of benzene rings is 1. The number of amides is 1. The fourth-order valence-electron chi connectivity index (χ4n) is 3.83. The molecule has 0 radical (unpaired) electrons. The van der Waals surface area contributed by atoms with Gasteiger partial charge in [0.15, 0.2) is 5.96 Å². The van der Waals surface area contributed by atoms with E-state index >= 15 is 0 Å². The van der Waals surface area contributed by atoms with Crippen LogP contribution in [0.2, 0.25) is 5.02 Å². The summed E-state index contributed by atoms with van der Waals surface area (Å²) in [4.78, 5) is 23.7. The number of nitrogens with zero attached hydrogens (tertiary/aromatic N) is 3. The number of hydrogen-bond acceptors (Lipinski definition) is 4. The lowest BCUT2D eigenvalue weighted by atomic mass is 9.75. The Morgan fingerprint density at radius 3 is 2.73 bits per heavy atom. The van der Waals surface area contributed by atoms with E-state index in [1.54, 1.807) is 13.2 Å². The summed E-state index contributed by atoms with van der Waals surface area (Å²) in [5, 5.41) is 0.661. The molecule has 0 bridgehead atoms. The second-order valence-corrected chi connectivity index (χ2v) is 7.71. The van der Waals surface area contributed by atoms with Crippen LogP contribution in [0.3, 0.4) is 0 Å². The Bertz CT molecular complexity index is 908. The minimum atomic E-state index is -0.689. The van der Waals surface area contributed by atoms with Crippen LogP contribution < -0.4 is 5.73 Å². The van der Waals surface area contributed by atoms with Crippen molar-refractivity contribution >= 4 is 23.5 Å². The molecule has 1 amide bonds. The summed E-state index contributed by atoms with van der Waals surface area (Å²) in [6.45, 7) is 2.00. The number of halogens is 1. The summed E-state index contributed by atoms with van der Waals surface area (Å²) in [6.07, 6.45) is 3.87. The molecule has 1 aromatic carbocycles. The van der Waals surface area contributed by atoms with Crippen LogP contribution in [0.5, 0.6) is 0 Å². The summed E-state index contributed by atoms with van der Waals surface area (Å²) in [5.41, 5.74) is 8.05. The number of carbonyl (C=O) groups excluding carboxylic acids is 1. The molecule has 1 aromatic heterocycles. The molecule has 2 aromatic rings. The van der Waals surface area contributed by atoms with Crippen LogP contribution >= 0.6 is 11.6 Å². The number of nitrogens with two attached hydrogens (primary N) is 1. The summed E-state index contributed by atoms with van der Waals surface area (Å²) >= 11 is 6.12. The van der Waals surface area contributed by atoms with Crippen LogP contribution in [-0.4, -0.2) is 28.8 Å². The van der Waals surface area contributed by atoms with Gasteiger partial charge in [0.25, 0.3) is 0 Å². The molecule has 2 heterocycles. The molecule has 1 fully saturated rings. The van der Waals surface area contributed by atoms with E-state index in [9.17, 15) is 4.79 Å². The highest BCUT2D eigenvalue weighted by Crippen LogP contribution is 2.50. The van der Waals surface area contributed by atoms with Crippen LogP contribution in [0.25, 0.3) is 11.3 Å². The highest BCUT2D eigenvalue weighted by atomic mass is 35.5. The molecular weight excluding hydrogens is 348 g/mol. The van der Waals surface area contributed by atoms with Gasteiger partial charge in [-0.15, -0.1) is 0 Å². The molecule has 1 aliphatic heterocycles. The van der Waals surface area contributed by atoms with Crippen LogP contribution in [-0.2, 0) is 10.3 Å². The minimum absolute atomic E-state index is 0.0450. The zero-order valence-electron chi connectivity index (χ0n) is 14.8. The Kier molecular flexibility index (Phi) is 3.99. The number of aliphatic imine (C=N–C) groups is 1. The van der Waals surface area contributed by atoms with Gasteiger partial charge >= 0.3 is 0 Å². The first-order chi connectivity index (χ1) is 12.4. The van der Waals surface area contributed by atoms with E-state index in [1.165, 1.54) is 4.90 Å². The first kappa shape index (κ1) is 17.0. The Morgan fingerprint density at radius 2 is 2.04 bits per heavy atom. The molecule has 4 rings (SSSR count). The maximum Gasteiger partial charge on any atom is 0.235 e. The normalized spacial score (nSPS) is 26.0. The summed E-state index contributed by atoms with van der Waals surface area (Å²) in [7, 11) is 1.69. The molecule has 0 saturated heterocycles. The molecule has 2 N–H and O–H groups in total. The van der Waals surface area contributed by atoms with Gasteiger partial charge in [0.1, 0.15) is 0 Å². The van der Waals surface area contributed by atoms with Crippen molar-refractivity contribution in [3.05, 3.63) is 53.2 Å². The SMILES string of the molecule is CN1C(=O)[C@H](C2CC2)[C@@](C)(c2ccnc(-c3cccc(Cl)c3)c2)N=C1N. The maximum atomic E-state index is 12.9. The van der Waals surface area contributed by atoms with E-state index in [0.29, 0.717) is 10.9 Å². The van der Waals surface area contributed by atoms with E-state index in [4.69, 9.17) is 22.3 Å². The molecule has 1 saturated carbocycles. The van der Waals surface area contributed by atoms with E-state index in [2.05, 4.69) is 4.98 Å². The van der Waals surface area contributed by atoms with E-state index in [0.717, 1.165) is 29.7 Å². The second kappa shape index (κ2) is 6.09. The van der Waals surface area contributed by atoms with Gasteiger partial charge in [0.05, 0.1) is 17.2 Å². The van der Waals surface area contributed by atoms with Crippen molar-refractivity contribution in [2.75, 3.05) is 7.05 Å². The van der Waals surface area contributed by atoms with Crippen molar-refractivity contribution in [2.45, 2.75) is 25.3 Å². The molecule has 2 aliphatic rings. The number of guanidine groups is 1. The highest BCUT2D eigenvalue weighted by Gasteiger charge is 2.53. The predicted octanol–water partition coefficient (Wildman–Crippen LogP) is 3.43. The Labute approximate surface area is 157 Å². The number of rotatable bonds is 3. The lowest BCUT2D eigenvalue weighted by molar-refractivity contribution is -0.135. The summed E-state index contributed by atoms with van der Waals surface area (Å²) in [5.74, 6) is 0.461. The van der Waals surface area contributed by atoms with Crippen LogP contribution in [0.15, 0.2) is 47.6 Å². The predicted molar refractivity (Wildman–Crippen MR) is 103 cm³/mol. The van der Waals surface area contributed by atoms with Crippen molar-refractivity contribution in [3.63, 3.8) is 0 Å². The highest BCUT2D eigenvalue weighted by molar-refractivity contribution is 6.30. The Hall–Kier alpha value is -2.40. The monoisotopic (exact) mass is 368 g/mol. The van der Waals surface area contributed by atoms with Gasteiger partial charge in [-0.2, -0.15) is 0 Å². The molecule has 1 aliphatic carbocycles. The molecule has 2 atom stereocenters. The molecule has 5 nitrogen and oxygen atoms in total. The number of aromatic nitrogens is 1. The number of carbonyl (C=O) groups is 1. The van der Waals surface area contributed by atoms with Gasteiger partial charge < -0.3 is 5.73 Å². The summed E-state index contributed by atoms with van der Waals surface area (Å²) < 4.78 is 0. The molecule has 134 valence electrons. The smallest absolute Gasteiger partial charge is 0.235 e. The molecular formula is C20H21ClN4O. The fraction of sp³-hybridized carbons (Fsp3) is 0.350. The lowest BCUT2D eigenvalue weighted by Gasteiger charge is -2.41. The Balaban J connectivity index is 1.82. The van der Waals surface area contributed by atoms with Gasteiger partial charge in [-0.05, 0) is 55.5 Å². The molecule has 26 heavy (non-hydrogen) atoms. The van der Waals surface area contributed by atoms with Crippen molar-refractivity contribution in [1.82, 2.24) is 9.88 Å². The third-order valence-corrected chi connectivity index (χ3v) is 5.69. The number of pyridine rings is 1. The van der Waals surface area contributed by atoms with Crippen molar-refractivity contribution in [1.29, 1.82) is 0 Å². The van der Waals surface area contributed by atoms with Crippen molar-refractivity contribution in [2.24, 2.45) is 22.6 Å². The van der Waals surface area contributed by atoms with E-state index in [-0.39, 0.29) is 17.8 Å². The minimum Gasteiger partial charge on any atom is -0.369 e. The molecule has 0 unspecified atom stereocenters. The zero-order chi connectivity index (χ0) is 18.5. The van der Waals surface area contributed by atoms with Gasteiger partial charge in [0, 0.05) is 23.8 Å². The van der Waals surface area contributed by atoms with Crippen LogP contribution in [0.4, 0.5) is 0 Å². The molecule has 0 spiro atoms. The first-order valence-electron chi connectivity index (χ1n) is 8.75. The average Bonchev–Trinajstić information content (AvgIpc) is 3.45. The quantitative estimate of drug-likeness (QED) is 0.902. The first-order valence-corrected chi connectivity index (χ1v) is 9.13. The van der Waals surface area contributed by atoms with Crippen molar-refractivity contribution < 1.29 is 4.79 Å². The maximum absolute atomic E-state index is 12.9. The van der Waals surface area contributed by atoms with Crippen molar-refractivity contribution in [3.8, 4) is 11.3 Å². The third-order valence-electron chi connectivity index (χ3n) is 5.45. The van der Waals surface area contributed by atoms with Gasteiger partial charge in [-0.1, -0.05) is 23.7 Å². The van der Waals surface area contributed by atoms with Gasteiger partial charge in [-0.3, -0.25) is 14.7 Å². The average molecular weight is 369 g/mol. The summed E-state index contributed by atoms with van der Waals surface area (Å²) in [6, 6.07) is 11.5. The zero-order valence-corrected chi connectivity index (χ0v) is 15.6. The van der Waals surface area contributed by atoms with Crippen LogP contribution in [0.1, 0.15) is 25.3 Å².